The van der Waals surface area contributed by atoms with Gasteiger partial charge in [0.1, 0.15) is 5.25 Å². The number of thioether (sulfide) groups is 1. The monoisotopic (exact) mass is 316 g/mol. The second kappa shape index (κ2) is 7.77. The highest BCUT2D eigenvalue weighted by Gasteiger charge is 2.20. The molecule has 0 radical (unpaired) electrons. The third-order valence-corrected chi connectivity index (χ3v) is 4.67. The van der Waals surface area contributed by atoms with Crippen molar-refractivity contribution in [1.29, 1.82) is 0 Å². The quantitative estimate of drug-likeness (QED) is 0.579. The van der Waals surface area contributed by atoms with E-state index in [2.05, 4.69) is 22.9 Å². The van der Waals surface area contributed by atoms with Gasteiger partial charge in [0.05, 0.1) is 7.11 Å². The Balaban J connectivity index is 2.72. The Bertz CT molecular complexity index is 368. The van der Waals surface area contributed by atoms with Gasteiger partial charge < -0.3 is 4.74 Å². The van der Waals surface area contributed by atoms with Crippen LogP contribution in [0.2, 0.25) is 0 Å². The van der Waals surface area contributed by atoms with Crippen molar-refractivity contribution in [1.82, 2.24) is 0 Å². The van der Waals surface area contributed by atoms with Crippen LogP contribution in [0.4, 0.5) is 0 Å². The highest BCUT2D eigenvalue weighted by Crippen LogP contribution is 2.32. The van der Waals surface area contributed by atoms with Gasteiger partial charge in [0.2, 0.25) is 0 Å². The Hall–Kier alpha value is -0.480. The molecule has 0 fully saturated rings. The van der Waals surface area contributed by atoms with E-state index in [0.29, 0.717) is 0 Å². The van der Waals surface area contributed by atoms with Crippen LogP contribution in [0.3, 0.4) is 0 Å². The molecule has 0 bridgehead atoms. The molecule has 0 heterocycles. The molecule has 0 saturated heterocycles. The standard InChI is InChI=1S/C13H17BrO2S/c1-3-4-8-12(13(15)16-2)17-11-9-6-5-7-10(11)14/h5-7,9,12H,3-4,8H2,1-2H3. The van der Waals surface area contributed by atoms with E-state index in [-0.39, 0.29) is 11.2 Å². The number of carbonyl (C=O) groups excluding carboxylic acids is 1. The second-order valence-electron chi connectivity index (χ2n) is 3.70. The zero-order valence-corrected chi connectivity index (χ0v) is 12.5. The van der Waals surface area contributed by atoms with Gasteiger partial charge in [-0.3, -0.25) is 4.79 Å². The maximum absolute atomic E-state index is 11.7. The maximum Gasteiger partial charge on any atom is 0.319 e. The lowest BCUT2D eigenvalue weighted by atomic mass is 10.2. The second-order valence-corrected chi connectivity index (χ2v) is 5.80. The first-order valence-corrected chi connectivity index (χ1v) is 7.35. The molecule has 2 nitrogen and oxygen atoms in total. The topological polar surface area (TPSA) is 26.3 Å². The molecule has 4 heteroatoms. The van der Waals surface area contributed by atoms with Crippen molar-refractivity contribution in [3.05, 3.63) is 28.7 Å². The number of benzene rings is 1. The molecule has 1 atom stereocenters. The molecule has 0 aromatic heterocycles. The number of methoxy groups -OCH3 is 1. The summed E-state index contributed by atoms with van der Waals surface area (Å²) in [6, 6.07) is 7.93. The van der Waals surface area contributed by atoms with Gasteiger partial charge in [0.15, 0.2) is 0 Å². The maximum atomic E-state index is 11.7. The van der Waals surface area contributed by atoms with E-state index in [0.717, 1.165) is 28.6 Å². The molecule has 1 unspecified atom stereocenters. The van der Waals surface area contributed by atoms with E-state index < -0.39 is 0 Å². The van der Waals surface area contributed by atoms with Crippen LogP contribution in [-0.4, -0.2) is 18.3 Å². The van der Waals surface area contributed by atoms with Crippen LogP contribution in [0.15, 0.2) is 33.6 Å². The van der Waals surface area contributed by atoms with E-state index in [1.54, 1.807) is 11.8 Å². The molecule has 0 spiro atoms. The number of hydrogen-bond acceptors (Lipinski definition) is 3. The fraction of sp³-hybridized carbons (Fsp3) is 0.462. The van der Waals surface area contributed by atoms with E-state index in [1.165, 1.54) is 7.11 Å². The summed E-state index contributed by atoms with van der Waals surface area (Å²) in [6.07, 6.45) is 2.98. The summed E-state index contributed by atoms with van der Waals surface area (Å²) in [7, 11) is 1.45. The number of esters is 1. The minimum absolute atomic E-state index is 0.112. The van der Waals surface area contributed by atoms with Crippen LogP contribution in [0, 0.1) is 0 Å². The van der Waals surface area contributed by atoms with Crippen molar-refractivity contribution in [2.75, 3.05) is 7.11 Å². The average Bonchev–Trinajstić information content (AvgIpc) is 2.35. The Morgan fingerprint density at radius 3 is 2.76 bits per heavy atom. The normalized spacial score (nSPS) is 12.2. The molecule has 1 rings (SSSR count). The predicted octanol–water partition coefficient (Wildman–Crippen LogP) is 4.27. The van der Waals surface area contributed by atoms with E-state index in [1.807, 2.05) is 24.3 Å². The first-order chi connectivity index (χ1) is 8.19. The smallest absolute Gasteiger partial charge is 0.319 e. The SMILES string of the molecule is CCCCC(Sc1ccccc1Br)C(=O)OC. The van der Waals surface area contributed by atoms with Gasteiger partial charge in [-0.05, 0) is 34.5 Å². The van der Waals surface area contributed by atoms with Gasteiger partial charge in [-0.1, -0.05) is 31.9 Å². The van der Waals surface area contributed by atoms with Crippen molar-refractivity contribution < 1.29 is 9.53 Å². The first-order valence-electron chi connectivity index (χ1n) is 5.68. The molecule has 0 N–H and O–H groups in total. The zero-order valence-electron chi connectivity index (χ0n) is 10.1. The Morgan fingerprint density at radius 2 is 2.18 bits per heavy atom. The van der Waals surface area contributed by atoms with Crippen molar-refractivity contribution in [2.45, 2.75) is 36.3 Å². The van der Waals surface area contributed by atoms with E-state index in [9.17, 15) is 4.79 Å². The molecule has 17 heavy (non-hydrogen) atoms. The first kappa shape index (κ1) is 14.6. The van der Waals surface area contributed by atoms with Crippen molar-refractivity contribution in [3.8, 4) is 0 Å². The van der Waals surface area contributed by atoms with Crippen LogP contribution in [0.5, 0.6) is 0 Å². The van der Waals surface area contributed by atoms with E-state index >= 15 is 0 Å². The van der Waals surface area contributed by atoms with Crippen LogP contribution < -0.4 is 0 Å². The van der Waals surface area contributed by atoms with Crippen LogP contribution >= 0.6 is 27.7 Å². The summed E-state index contributed by atoms with van der Waals surface area (Å²) in [5, 5.41) is -0.112. The van der Waals surface area contributed by atoms with Crippen molar-refractivity contribution in [2.24, 2.45) is 0 Å². The minimum atomic E-state index is -0.140. The average molecular weight is 317 g/mol. The van der Waals surface area contributed by atoms with Crippen LogP contribution in [-0.2, 0) is 9.53 Å². The molecular formula is C13H17BrO2S. The van der Waals surface area contributed by atoms with Crippen LogP contribution in [0.1, 0.15) is 26.2 Å². The molecule has 0 aliphatic carbocycles. The third kappa shape index (κ3) is 4.72. The fourth-order valence-electron chi connectivity index (χ4n) is 1.44. The molecule has 1 aromatic carbocycles. The molecule has 0 saturated carbocycles. The minimum Gasteiger partial charge on any atom is -0.468 e. The number of carbonyl (C=O) groups is 1. The fourth-order valence-corrected chi connectivity index (χ4v) is 3.13. The number of ether oxygens (including phenoxy) is 1. The number of halogens is 1. The van der Waals surface area contributed by atoms with Crippen LogP contribution in [0.25, 0.3) is 0 Å². The summed E-state index contributed by atoms with van der Waals surface area (Å²) < 4.78 is 5.87. The Morgan fingerprint density at radius 1 is 1.47 bits per heavy atom. The number of unbranched alkanes of at least 4 members (excludes halogenated alkanes) is 1. The highest BCUT2D eigenvalue weighted by atomic mass is 79.9. The molecule has 1 aromatic rings. The number of rotatable bonds is 6. The highest BCUT2D eigenvalue weighted by molar-refractivity contribution is 9.10. The molecule has 0 aliphatic rings. The Labute approximate surface area is 115 Å². The van der Waals surface area contributed by atoms with Gasteiger partial charge in [-0.2, -0.15) is 0 Å². The third-order valence-electron chi connectivity index (χ3n) is 2.39. The molecular weight excluding hydrogens is 300 g/mol. The summed E-state index contributed by atoms with van der Waals surface area (Å²) >= 11 is 5.06. The lowest BCUT2D eigenvalue weighted by Gasteiger charge is -2.14. The van der Waals surface area contributed by atoms with Gasteiger partial charge in [0, 0.05) is 9.37 Å². The van der Waals surface area contributed by atoms with Crippen molar-refractivity contribution in [3.63, 3.8) is 0 Å². The molecule has 94 valence electrons. The van der Waals surface area contributed by atoms with Gasteiger partial charge in [-0.15, -0.1) is 11.8 Å². The molecule has 0 amide bonds. The van der Waals surface area contributed by atoms with Gasteiger partial charge in [-0.25, -0.2) is 0 Å². The van der Waals surface area contributed by atoms with Gasteiger partial charge >= 0.3 is 5.97 Å². The lowest BCUT2D eigenvalue weighted by Crippen LogP contribution is -2.18. The predicted molar refractivity (Wildman–Crippen MR) is 75.3 cm³/mol. The summed E-state index contributed by atoms with van der Waals surface area (Å²) in [5.74, 6) is -0.140. The number of hydrogen-bond donors (Lipinski definition) is 0. The molecule has 0 aliphatic heterocycles. The van der Waals surface area contributed by atoms with E-state index in [4.69, 9.17) is 4.74 Å². The van der Waals surface area contributed by atoms with Crippen molar-refractivity contribution >= 4 is 33.7 Å². The summed E-state index contributed by atoms with van der Waals surface area (Å²) in [4.78, 5) is 12.8. The summed E-state index contributed by atoms with van der Waals surface area (Å²) in [5.41, 5.74) is 0. The van der Waals surface area contributed by atoms with Gasteiger partial charge in [0.25, 0.3) is 0 Å². The summed E-state index contributed by atoms with van der Waals surface area (Å²) in [6.45, 7) is 2.12. The lowest BCUT2D eigenvalue weighted by molar-refractivity contribution is -0.140. The Kier molecular flexibility index (Phi) is 6.66. The zero-order chi connectivity index (χ0) is 12.7. The largest absolute Gasteiger partial charge is 0.468 e.